The highest BCUT2D eigenvalue weighted by atomic mass is 79.9. The molecule has 0 spiro atoms. The molecule has 21 heavy (non-hydrogen) atoms. The van der Waals surface area contributed by atoms with E-state index in [1.165, 1.54) is 12.1 Å². The molecule has 0 bridgehead atoms. The van der Waals surface area contributed by atoms with Crippen molar-refractivity contribution in [3.63, 3.8) is 0 Å². The number of rotatable bonds is 6. The first-order valence-electron chi connectivity index (χ1n) is 5.84. The van der Waals surface area contributed by atoms with Gasteiger partial charge in [-0.25, -0.2) is 13.1 Å². The maximum Gasteiger partial charge on any atom is 0.389 e. The maximum absolute atomic E-state index is 12.1. The summed E-state index contributed by atoms with van der Waals surface area (Å²) in [5.74, 6) is 0. The minimum absolute atomic E-state index is 0.0408. The zero-order valence-corrected chi connectivity index (χ0v) is 14.7. The quantitative estimate of drug-likeness (QED) is 0.508. The molecule has 0 heterocycles. The molecule has 10 heteroatoms. The van der Waals surface area contributed by atoms with Crippen molar-refractivity contribution in [2.24, 2.45) is 0 Å². The topological polar surface area (TPSA) is 72.2 Å². The molecular weight excluding hydrogens is 441 g/mol. The number of sulfonamides is 1. The van der Waals surface area contributed by atoms with Gasteiger partial charge in [-0.15, -0.1) is 0 Å². The van der Waals surface area contributed by atoms with Crippen molar-refractivity contribution in [2.75, 3.05) is 12.3 Å². The van der Waals surface area contributed by atoms with Gasteiger partial charge in [-0.05, 0) is 40.9 Å². The number of nitrogen functional groups attached to an aromatic ring is 1. The fraction of sp³-hybridized carbons (Fsp3) is 0.455. The van der Waals surface area contributed by atoms with Crippen LogP contribution in [0.1, 0.15) is 19.3 Å². The Balaban J connectivity index is 2.67. The Kier molecular flexibility index (Phi) is 6.51. The van der Waals surface area contributed by atoms with Gasteiger partial charge in [0.25, 0.3) is 0 Å². The lowest BCUT2D eigenvalue weighted by molar-refractivity contribution is -0.135. The van der Waals surface area contributed by atoms with Crippen molar-refractivity contribution in [2.45, 2.75) is 30.3 Å². The highest BCUT2D eigenvalue weighted by Crippen LogP contribution is 2.31. The van der Waals surface area contributed by atoms with Crippen LogP contribution in [0.3, 0.4) is 0 Å². The number of alkyl halides is 3. The first kappa shape index (κ1) is 18.7. The number of nitrogens with one attached hydrogen (secondary N) is 1. The van der Waals surface area contributed by atoms with Gasteiger partial charge in [-0.3, -0.25) is 0 Å². The van der Waals surface area contributed by atoms with Crippen LogP contribution in [0.2, 0.25) is 0 Å². The molecule has 120 valence electrons. The Labute approximate surface area is 137 Å². The predicted octanol–water partition coefficient (Wildman–Crippen LogP) is 3.80. The summed E-state index contributed by atoms with van der Waals surface area (Å²) in [4.78, 5) is -0.124. The summed E-state index contributed by atoms with van der Waals surface area (Å²) >= 11 is 6.28. The molecule has 1 aromatic carbocycles. The van der Waals surface area contributed by atoms with Crippen LogP contribution in [0.4, 0.5) is 18.9 Å². The fourth-order valence-corrected chi connectivity index (χ4v) is 4.73. The summed E-state index contributed by atoms with van der Waals surface area (Å²) in [6.07, 6.45) is -5.20. The van der Waals surface area contributed by atoms with E-state index in [-0.39, 0.29) is 34.4 Å². The number of benzene rings is 1. The first-order chi connectivity index (χ1) is 9.53. The van der Waals surface area contributed by atoms with E-state index in [9.17, 15) is 21.6 Å². The molecule has 0 fully saturated rings. The predicted molar refractivity (Wildman–Crippen MR) is 81.3 cm³/mol. The molecule has 3 N–H and O–H groups in total. The first-order valence-corrected chi connectivity index (χ1v) is 8.91. The lowest BCUT2D eigenvalue weighted by Gasteiger charge is -2.12. The lowest BCUT2D eigenvalue weighted by Crippen LogP contribution is -2.26. The average molecular weight is 454 g/mol. The van der Waals surface area contributed by atoms with Gasteiger partial charge in [0.15, 0.2) is 0 Å². The molecule has 0 aliphatic carbocycles. The molecule has 1 aromatic rings. The number of nitrogens with two attached hydrogens (primary N) is 1. The molecule has 0 saturated carbocycles. The van der Waals surface area contributed by atoms with Crippen LogP contribution in [0.5, 0.6) is 0 Å². The molecule has 0 atom stereocenters. The third-order valence-electron chi connectivity index (χ3n) is 2.48. The van der Waals surface area contributed by atoms with Gasteiger partial charge in [0.2, 0.25) is 10.0 Å². The smallest absolute Gasteiger partial charge is 0.389 e. The summed E-state index contributed by atoms with van der Waals surface area (Å²) in [7, 11) is -3.88. The van der Waals surface area contributed by atoms with E-state index in [4.69, 9.17) is 5.73 Å². The summed E-state index contributed by atoms with van der Waals surface area (Å²) in [5.41, 5.74) is 5.71. The summed E-state index contributed by atoms with van der Waals surface area (Å²) < 4.78 is 63.2. The van der Waals surface area contributed by atoms with E-state index < -0.39 is 22.6 Å². The molecule has 0 aromatic heterocycles. The Morgan fingerprint density at radius 2 is 1.81 bits per heavy atom. The average Bonchev–Trinajstić information content (AvgIpc) is 2.24. The van der Waals surface area contributed by atoms with Crippen molar-refractivity contribution in [1.82, 2.24) is 4.72 Å². The molecule has 0 radical (unpaired) electrons. The van der Waals surface area contributed by atoms with Crippen molar-refractivity contribution in [1.29, 1.82) is 0 Å². The SMILES string of the molecule is Nc1cc(Br)cc(Br)c1S(=O)(=O)NCCCCC(F)(F)F. The van der Waals surface area contributed by atoms with Gasteiger partial charge >= 0.3 is 6.18 Å². The van der Waals surface area contributed by atoms with Crippen LogP contribution in [-0.2, 0) is 10.0 Å². The van der Waals surface area contributed by atoms with Crippen molar-refractivity contribution in [3.05, 3.63) is 21.1 Å². The van der Waals surface area contributed by atoms with Crippen molar-refractivity contribution < 1.29 is 21.6 Å². The molecule has 0 unspecified atom stereocenters. The van der Waals surface area contributed by atoms with Gasteiger partial charge in [-0.1, -0.05) is 15.9 Å². The van der Waals surface area contributed by atoms with E-state index in [2.05, 4.69) is 36.6 Å². The van der Waals surface area contributed by atoms with E-state index in [1.807, 2.05) is 0 Å². The van der Waals surface area contributed by atoms with Gasteiger partial charge in [0.1, 0.15) is 4.90 Å². The number of unbranched alkanes of at least 4 members (excludes halogenated alkanes) is 1. The van der Waals surface area contributed by atoms with Gasteiger partial charge < -0.3 is 5.73 Å². The molecule has 1 rings (SSSR count). The number of hydrogen-bond donors (Lipinski definition) is 2. The Morgan fingerprint density at radius 3 is 2.33 bits per heavy atom. The molecule has 0 amide bonds. The van der Waals surface area contributed by atoms with E-state index in [0.29, 0.717) is 4.47 Å². The van der Waals surface area contributed by atoms with Crippen LogP contribution in [-0.4, -0.2) is 21.1 Å². The second kappa shape index (κ2) is 7.30. The van der Waals surface area contributed by atoms with Crippen molar-refractivity contribution >= 4 is 47.6 Å². The third-order valence-corrected chi connectivity index (χ3v) is 5.41. The largest absolute Gasteiger partial charge is 0.398 e. The minimum atomic E-state index is -4.22. The molecule has 0 saturated heterocycles. The number of hydrogen-bond acceptors (Lipinski definition) is 3. The van der Waals surface area contributed by atoms with Gasteiger partial charge in [-0.2, -0.15) is 13.2 Å². The highest BCUT2D eigenvalue weighted by molar-refractivity contribution is 9.11. The summed E-state index contributed by atoms with van der Waals surface area (Å²) in [5, 5.41) is 0. The number of halogens is 5. The van der Waals surface area contributed by atoms with Gasteiger partial charge in [0, 0.05) is 21.9 Å². The minimum Gasteiger partial charge on any atom is -0.398 e. The second-order valence-electron chi connectivity index (χ2n) is 4.28. The van der Waals surface area contributed by atoms with Crippen LogP contribution in [0.15, 0.2) is 26.0 Å². The second-order valence-corrected chi connectivity index (χ2v) is 7.75. The van der Waals surface area contributed by atoms with Crippen LogP contribution in [0, 0.1) is 0 Å². The summed E-state index contributed by atoms with van der Waals surface area (Å²) in [6.45, 7) is -0.0830. The molecule has 0 aliphatic rings. The zero-order chi connectivity index (χ0) is 16.3. The van der Waals surface area contributed by atoms with Crippen LogP contribution < -0.4 is 10.5 Å². The fourth-order valence-electron chi connectivity index (χ4n) is 1.59. The maximum atomic E-state index is 12.1. The van der Waals surface area contributed by atoms with Crippen LogP contribution in [0.25, 0.3) is 0 Å². The van der Waals surface area contributed by atoms with E-state index in [1.54, 1.807) is 0 Å². The van der Waals surface area contributed by atoms with Crippen molar-refractivity contribution in [3.8, 4) is 0 Å². The zero-order valence-electron chi connectivity index (χ0n) is 10.7. The summed E-state index contributed by atoms with van der Waals surface area (Å²) in [6, 6.07) is 2.96. The standard InChI is InChI=1S/C11H13Br2F3N2O2S/c12-7-5-8(13)10(9(17)6-7)21(19,20)18-4-2-1-3-11(14,15)16/h5-6,18H,1-4,17H2. The monoisotopic (exact) mass is 452 g/mol. The number of anilines is 1. The normalized spacial score (nSPS) is 12.6. The highest BCUT2D eigenvalue weighted by Gasteiger charge is 2.26. The Hall–Kier alpha value is -0.320. The molecule has 0 aliphatic heterocycles. The Morgan fingerprint density at radius 1 is 1.19 bits per heavy atom. The Bertz CT molecular complexity index is 583. The molecule has 4 nitrogen and oxygen atoms in total. The van der Waals surface area contributed by atoms with E-state index in [0.717, 1.165) is 0 Å². The molecular formula is C11H13Br2F3N2O2S. The van der Waals surface area contributed by atoms with Gasteiger partial charge in [0.05, 0.1) is 5.69 Å². The van der Waals surface area contributed by atoms with Crippen LogP contribution >= 0.6 is 31.9 Å². The third kappa shape index (κ3) is 6.13. The van der Waals surface area contributed by atoms with E-state index >= 15 is 0 Å². The lowest BCUT2D eigenvalue weighted by atomic mass is 10.2.